The van der Waals surface area contributed by atoms with Crippen LogP contribution in [0.4, 0.5) is 28.9 Å². The maximum Gasteiger partial charge on any atom is 0.417 e. The number of nitriles is 2. The molecule has 0 saturated carbocycles. The predicted octanol–water partition coefficient (Wildman–Crippen LogP) is 2.49. The van der Waals surface area contributed by atoms with Crippen molar-refractivity contribution < 1.29 is 27.5 Å². The molecule has 1 atom stereocenters. The average Bonchev–Trinajstić information content (AvgIpc) is 2.78. The highest BCUT2D eigenvalue weighted by Crippen LogP contribution is 2.33. The number of hydrogen-bond acceptors (Lipinski definition) is 7. The Kier molecular flexibility index (Phi) is 7.05. The Bertz CT molecular complexity index is 1160. The van der Waals surface area contributed by atoms with E-state index in [1.807, 2.05) is 4.90 Å². The normalized spacial score (nSPS) is 16.3. The number of aliphatic hydroxyl groups is 1. The SMILES string of the molecule is C[C@](O)(CN1CCN(c2cnc(C#N)c(F)c2)CC1)C(=O)Nc1ccc(C#N)c(C(F)(F)F)c1. The van der Waals surface area contributed by atoms with Gasteiger partial charge >= 0.3 is 6.18 Å². The molecule has 1 aromatic carbocycles. The van der Waals surface area contributed by atoms with E-state index in [-0.39, 0.29) is 17.9 Å². The zero-order valence-electron chi connectivity index (χ0n) is 18.0. The molecule has 8 nitrogen and oxygen atoms in total. The van der Waals surface area contributed by atoms with Crippen molar-refractivity contribution in [1.82, 2.24) is 9.88 Å². The van der Waals surface area contributed by atoms with Crippen LogP contribution in [0.3, 0.4) is 0 Å². The van der Waals surface area contributed by atoms with E-state index in [0.29, 0.717) is 37.9 Å². The number of pyridine rings is 1. The van der Waals surface area contributed by atoms with Gasteiger partial charge in [-0.15, -0.1) is 0 Å². The Morgan fingerprint density at radius 2 is 1.85 bits per heavy atom. The highest BCUT2D eigenvalue weighted by molar-refractivity contribution is 5.97. The second-order valence-electron chi connectivity index (χ2n) is 8.00. The van der Waals surface area contributed by atoms with E-state index in [1.54, 1.807) is 11.0 Å². The number of rotatable bonds is 5. The lowest BCUT2D eigenvalue weighted by molar-refractivity contribution is -0.138. The molecule has 0 bridgehead atoms. The van der Waals surface area contributed by atoms with Crippen molar-refractivity contribution >= 4 is 17.3 Å². The number of amides is 1. The maximum atomic E-state index is 13.8. The van der Waals surface area contributed by atoms with Gasteiger partial charge < -0.3 is 15.3 Å². The van der Waals surface area contributed by atoms with Crippen molar-refractivity contribution in [2.24, 2.45) is 0 Å². The Hall–Kier alpha value is -3.74. The molecule has 1 amide bonds. The predicted molar refractivity (Wildman–Crippen MR) is 113 cm³/mol. The van der Waals surface area contributed by atoms with E-state index >= 15 is 0 Å². The number of carbonyl (C=O) groups is 1. The summed E-state index contributed by atoms with van der Waals surface area (Å²) in [6, 6.07) is 7.09. The molecule has 2 heterocycles. The van der Waals surface area contributed by atoms with Crippen molar-refractivity contribution in [3.05, 3.63) is 53.1 Å². The van der Waals surface area contributed by atoms with Crippen LogP contribution in [0.1, 0.15) is 23.7 Å². The first-order valence-corrected chi connectivity index (χ1v) is 10.1. The maximum absolute atomic E-state index is 13.8. The molecule has 0 unspecified atom stereocenters. The van der Waals surface area contributed by atoms with Crippen molar-refractivity contribution in [2.75, 3.05) is 42.9 Å². The minimum absolute atomic E-state index is 0.0882. The van der Waals surface area contributed by atoms with Crippen LogP contribution in [-0.2, 0) is 11.0 Å². The highest BCUT2D eigenvalue weighted by atomic mass is 19.4. The summed E-state index contributed by atoms with van der Waals surface area (Å²) in [5.41, 5.74) is -3.67. The van der Waals surface area contributed by atoms with Gasteiger partial charge in [-0.3, -0.25) is 9.69 Å². The number of carbonyl (C=O) groups excluding carboxylic acids is 1. The molecule has 178 valence electrons. The third-order valence-electron chi connectivity index (χ3n) is 5.39. The number of aromatic nitrogens is 1. The molecule has 1 fully saturated rings. The number of benzene rings is 1. The van der Waals surface area contributed by atoms with Gasteiger partial charge in [0.25, 0.3) is 5.91 Å². The van der Waals surface area contributed by atoms with E-state index < -0.39 is 34.6 Å². The Balaban J connectivity index is 1.61. The van der Waals surface area contributed by atoms with Crippen molar-refractivity contribution in [2.45, 2.75) is 18.7 Å². The lowest BCUT2D eigenvalue weighted by atomic mass is 10.0. The number of hydrogen-bond donors (Lipinski definition) is 2. The molecule has 1 aliphatic rings. The summed E-state index contributed by atoms with van der Waals surface area (Å²) >= 11 is 0. The van der Waals surface area contributed by atoms with Gasteiger partial charge in [-0.25, -0.2) is 9.37 Å². The number of halogens is 4. The summed E-state index contributed by atoms with van der Waals surface area (Å²) in [6.45, 7) is 2.88. The summed E-state index contributed by atoms with van der Waals surface area (Å²) in [5, 5.41) is 30.6. The molecule has 34 heavy (non-hydrogen) atoms. The molecule has 2 N–H and O–H groups in total. The molecule has 3 rings (SSSR count). The fourth-order valence-electron chi connectivity index (χ4n) is 3.57. The number of alkyl halides is 3. The number of nitrogens with one attached hydrogen (secondary N) is 1. The standard InChI is InChI=1S/C22H20F4N6O2/c1-21(34,20(33)30-15-3-2-14(10-27)17(8-15)22(24,25)26)13-31-4-6-32(7-5-31)16-9-18(23)19(11-28)29-12-16/h2-3,8-9,12,34H,4-7,13H2,1H3,(H,30,33)/t21-/m0/s1. The van der Waals surface area contributed by atoms with Crippen LogP contribution in [-0.4, -0.2) is 59.2 Å². The highest BCUT2D eigenvalue weighted by Gasteiger charge is 2.36. The van der Waals surface area contributed by atoms with Crippen molar-refractivity contribution in [1.29, 1.82) is 10.5 Å². The lowest BCUT2D eigenvalue weighted by Gasteiger charge is -2.38. The van der Waals surface area contributed by atoms with Gasteiger partial charge in [0.15, 0.2) is 17.1 Å². The quantitative estimate of drug-likeness (QED) is 0.637. The van der Waals surface area contributed by atoms with E-state index in [2.05, 4.69) is 10.3 Å². The fraction of sp³-hybridized carbons (Fsp3) is 0.364. The molecule has 0 aliphatic carbocycles. The zero-order chi connectivity index (χ0) is 25.1. The smallest absolute Gasteiger partial charge is 0.379 e. The van der Waals surface area contributed by atoms with Crippen molar-refractivity contribution in [3.63, 3.8) is 0 Å². The van der Waals surface area contributed by atoms with E-state index in [4.69, 9.17) is 10.5 Å². The molecular weight excluding hydrogens is 456 g/mol. The molecule has 2 aromatic rings. The zero-order valence-corrected chi connectivity index (χ0v) is 18.0. The van der Waals surface area contributed by atoms with Crippen LogP contribution in [0.25, 0.3) is 0 Å². The molecule has 12 heteroatoms. The van der Waals surface area contributed by atoms with Gasteiger partial charge in [0.2, 0.25) is 0 Å². The van der Waals surface area contributed by atoms with Crippen LogP contribution < -0.4 is 10.2 Å². The largest absolute Gasteiger partial charge is 0.417 e. The first-order chi connectivity index (χ1) is 15.9. The first kappa shape index (κ1) is 24.9. The van der Waals surface area contributed by atoms with Crippen molar-refractivity contribution in [3.8, 4) is 12.1 Å². The molecular formula is C22H20F4N6O2. The Morgan fingerprint density at radius 3 is 2.41 bits per heavy atom. The van der Waals surface area contributed by atoms with Gasteiger partial charge in [-0.2, -0.15) is 23.7 Å². The van der Waals surface area contributed by atoms with Gasteiger partial charge in [0.1, 0.15) is 6.07 Å². The van der Waals surface area contributed by atoms with Crippen LogP contribution in [0, 0.1) is 28.5 Å². The van der Waals surface area contributed by atoms with Gasteiger partial charge in [0, 0.05) is 44.5 Å². The number of nitrogens with zero attached hydrogens (tertiary/aromatic N) is 5. The third-order valence-corrected chi connectivity index (χ3v) is 5.39. The summed E-state index contributed by atoms with van der Waals surface area (Å²) < 4.78 is 53.3. The number of piperazine rings is 1. The van der Waals surface area contributed by atoms with Crippen LogP contribution in [0.5, 0.6) is 0 Å². The van der Waals surface area contributed by atoms with E-state index in [9.17, 15) is 27.5 Å². The van der Waals surface area contributed by atoms with Gasteiger partial charge in [0.05, 0.1) is 29.1 Å². The van der Waals surface area contributed by atoms with E-state index in [1.165, 1.54) is 25.3 Å². The Labute approximate surface area is 192 Å². The molecule has 0 spiro atoms. The lowest BCUT2D eigenvalue weighted by Crippen LogP contribution is -2.55. The minimum Gasteiger partial charge on any atom is -0.379 e. The Morgan fingerprint density at radius 1 is 1.18 bits per heavy atom. The number of β-amino-alcohol motifs (C(OH)–C–C–N with tert-alkyl or cyclic N) is 1. The summed E-state index contributed by atoms with van der Waals surface area (Å²) in [4.78, 5) is 20.0. The number of anilines is 2. The summed E-state index contributed by atoms with van der Waals surface area (Å²) in [7, 11) is 0. The first-order valence-electron chi connectivity index (χ1n) is 10.1. The second-order valence-corrected chi connectivity index (χ2v) is 8.00. The summed E-state index contributed by atoms with van der Waals surface area (Å²) in [5.74, 6) is -1.62. The third kappa shape index (κ3) is 5.60. The molecule has 0 radical (unpaired) electrons. The fourth-order valence-corrected chi connectivity index (χ4v) is 3.57. The van der Waals surface area contributed by atoms with Crippen LogP contribution in [0.15, 0.2) is 30.5 Å². The molecule has 1 aliphatic heterocycles. The van der Waals surface area contributed by atoms with Crippen LogP contribution in [0.2, 0.25) is 0 Å². The minimum atomic E-state index is -4.78. The molecule has 1 aromatic heterocycles. The summed E-state index contributed by atoms with van der Waals surface area (Å²) in [6.07, 6.45) is -3.38. The van der Waals surface area contributed by atoms with E-state index in [0.717, 1.165) is 12.1 Å². The molecule has 1 saturated heterocycles. The monoisotopic (exact) mass is 476 g/mol. The van der Waals surface area contributed by atoms with Gasteiger partial charge in [-0.05, 0) is 25.1 Å². The van der Waals surface area contributed by atoms with Crippen LogP contribution >= 0.6 is 0 Å². The van der Waals surface area contributed by atoms with Gasteiger partial charge in [-0.1, -0.05) is 0 Å². The second kappa shape index (κ2) is 9.63. The average molecular weight is 476 g/mol. The topological polar surface area (TPSA) is 116 Å².